The zero-order valence-corrected chi connectivity index (χ0v) is 19.0. The Bertz CT molecular complexity index is 1410. The number of carbonyl (C=O) groups excluding carboxylic acids is 2. The van der Waals surface area contributed by atoms with Gasteiger partial charge in [-0.15, -0.1) is 10.2 Å². The summed E-state index contributed by atoms with van der Waals surface area (Å²) >= 11 is 0. The molecule has 0 radical (unpaired) electrons. The Morgan fingerprint density at radius 3 is 2.82 bits per heavy atom. The molecule has 1 aliphatic heterocycles. The van der Waals surface area contributed by atoms with Crippen molar-refractivity contribution < 1.29 is 13.7 Å². The number of hydrogen-bond acceptors (Lipinski definition) is 8. The molecule has 174 valence electrons. The van der Waals surface area contributed by atoms with Crippen LogP contribution in [0.5, 0.6) is 0 Å². The third-order valence-electron chi connectivity index (χ3n) is 6.28. The highest BCUT2D eigenvalue weighted by Crippen LogP contribution is 2.47. The molecule has 5 rings (SSSR count). The molecular formula is C24H26N8O2. The molecule has 3 aromatic rings. The summed E-state index contributed by atoms with van der Waals surface area (Å²) in [6.07, 6.45) is 5.06. The predicted molar refractivity (Wildman–Crippen MR) is 129 cm³/mol. The third-order valence-corrected chi connectivity index (χ3v) is 6.28. The van der Waals surface area contributed by atoms with Gasteiger partial charge in [-0.05, 0) is 38.3 Å². The first kappa shape index (κ1) is 18.4. The standard InChI is InChI=1S/C24H26N8O2/c1-12-11-27-22(21-18(12)19-15(6-5-9-26-19)13(2)32(21)4)28-16-10-17(29-23(33)14-7-8-14)30-31-20(16)24(34)25-3/h5-6,9-11,13-14H,7-8H2,1-4H3,(H,25,34)(H2,27,28,29,30,33)/t13-/m1/s1/i3D3. The second-order valence-electron chi connectivity index (χ2n) is 8.58. The van der Waals surface area contributed by atoms with Crippen LogP contribution >= 0.6 is 0 Å². The minimum Gasteiger partial charge on any atom is -0.364 e. The molecule has 0 saturated heterocycles. The van der Waals surface area contributed by atoms with Gasteiger partial charge in [0.2, 0.25) is 5.91 Å². The summed E-state index contributed by atoms with van der Waals surface area (Å²) in [6, 6.07) is 5.38. The van der Waals surface area contributed by atoms with Crippen LogP contribution in [0.4, 0.5) is 23.0 Å². The molecule has 0 unspecified atom stereocenters. The lowest BCUT2D eigenvalue weighted by atomic mass is 9.91. The summed E-state index contributed by atoms with van der Waals surface area (Å²) in [5.74, 6) is -0.627. The van der Waals surface area contributed by atoms with Crippen LogP contribution in [-0.4, -0.2) is 46.0 Å². The quantitative estimate of drug-likeness (QED) is 0.529. The van der Waals surface area contributed by atoms with Crippen molar-refractivity contribution in [1.82, 2.24) is 25.5 Å². The zero-order chi connectivity index (χ0) is 26.5. The Kier molecular flexibility index (Phi) is 4.52. The summed E-state index contributed by atoms with van der Waals surface area (Å²) in [6.45, 7) is 1.29. The number of fused-ring (bicyclic) bond motifs is 3. The van der Waals surface area contributed by atoms with E-state index in [0.717, 1.165) is 40.9 Å². The molecule has 0 spiro atoms. The van der Waals surface area contributed by atoms with E-state index >= 15 is 0 Å². The largest absolute Gasteiger partial charge is 0.364 e. The minimum atomic E-state index is -2.72. The second kappa shape index (κ2) is 8.36. The van der Waals surface area contributed by atoms with Crippen molar-refractivity contribution in [2.24, 2.45) is 5.92 Å². The summed E-state index contributed by atoms with van der Waals surface area (Å²) in [5, 5.41) is 15.7. The number of pyridine rings is 2. The maximum absolute atomic E-state index is 12.8. The van der Waals surface area contributed by atoms with Crippen LogP contribution in [0.2, 0.25) is 0 Å². The number of aromatic nitrogens is 4. The number of amides is 2. The van der Waals surface area contributed by atoms with Crippen LogP contribution in [0.15, 0.2) is 30.6 Å². The Hall–Kier alpha value is -4.08. The fourth-order valence-electron chi connectivity index (χ4n) is 4.17. The van der Waals surface area contributed by atoms with Gasteiger partial charge in [0.25, 0.3) is 5.91 Å². The van der Waals surface area contributed by atoms with Crippen molar-refractivity contribution in [2.75, 3.05) is 29.6 Å². The molecule has 0 bridgehead atoms. The summed E-state index contributed by atoms with van der Waals surface area (Å²) < 4.78 is 22.2. The molecule has 1 atom stereocenters. The smallest absolute Gasteiger partial charge is 0.273 e. The third kappa shape index (κ3) is 3.70. The highest BCUT2D eigenvalue weighted by molar-refractivity contribution is 6.01. The first-order valence-electron chi connectivity index (χ1n) is 12.5. The van der Waals surface area contributed by atoms with E-state index in [9.17, 15) is 9.59 Å². The molecule has 4 heterocycles. The van der Waals surface area contributed by atoms with Crippen LogP contribution in [0.1, 0.15) is 51.5 Å². The normalized spacial score (nSPS) is 18.0. The van der Waals surface area contributed by atoms with Crippen molar-refractivity contribution in [1.29, 1.82) is 0 Å². The fraction of sp³-hybridized carbons (Fsp3) is 0.333. The molecule has 1 saturated carbocycles. The SMILES string of the molecule is [2H]C([2H])([2H])NC(=O)c1nnc(NC(=O)C2CC2)cc1Nc1ncc(C)c2c1N(C)[C@H](C)c1cccnc1-2. The molecular weight excluding hydrogens is 432 g/mol. The Labute approximate surface area is 201 Å². The Morgan fingerprint density at radius 2 is 2.06 bits per heavy atom. The number of carbonyl (C=O) groups is 2. The molecule has 2 aliphatic rings. The van der Waals surface area contributed by atoms with E-state index in [1.54, 1.807) is 12.4 Å². The van der Waals surface area contributed by atoms with Gasteiger partial charge in [0, 0.05) is 53.6 Å². The van der Waals surface area contributed by atoms with Crippen molar-refractivity contribution >= 4 is 34.8 Å². The summed E-state index contributed by atoms with van der Waals surface area (Å²) in [7, 11) is 1.94. The van der Waals surface area contributed by atoms with Crippen LogP contribution in [-0.2, 0) is 4.79 Å². The van der Waals surface area contributed by atoms with Gasteiger partial charge in [-0.1, -0.05) is 6.07 Å². The maximum atomic E-state index is 12.8. The van der Waals surface area contributed by atoms with Crippen molar-refractivity contribution in [2.45, 2.75) is 32.7 Å². The zero-order valence-electron chi connectivity index (χ0n) is 22.0. The van der Waals surface area contributed by atoms with Gasteiger partial charge in [0.15, 0.2) is 17.3 Å². The van der Waals surface area contributed by atoms with Crippen LogP contribution in [0.3, 0.4) is 0 Å². The lowest BCUT2D eigenvalue weighted by Gasteiger charge is -2.36. The van der Waals surface area contributed by atoms with Gasteiger partial charge in [-0.25, -0.2) is 4.98 Å². The van der Waals surface area contributed by atoms with Gasteiger partial charge < -0.3 is 20.9 Å². The van der Waals surface area contributed by atoms with E-state index < -0.39 is 12.9 Å². The topological polar surface area (TPSA) is 125 Å². The Balaban J connectivity index is 1.60. The minimum absolute atomic E-state index is 0.0114. The van der Waals surface area contributed by atoms with E-state index in [4.69, 9.17) is 4.11 Å². The van der Waals surface area contributed by atoms with Crippen molar-refractivity contribution in [3.8, 4) is 11.3 Å². The fourth-order valence-corrected chi connectivity index (χ4v) is 4.17. The second-order valence-corrected chi connectivity index (χ2v) is 8.58. The molecule has 34 heavy (non-hydrogen) atoms. The molecule has 2 amide bonds. The lowest BCUT2D eigenvalue weighted by Crippen LogP contribution is -2.28. The van der Waals surface area contributed by atoms with Crippen molar-refractivity contribution in [3.63, 3.8) is 0 Å². The lowest BCUT2D eigenvalue weighted by molar-refractivity contribution is -0.117. The van der Waals surface area contributed by atoms with Gasteiger partial charge in [-0.3, -0.25) is 14.6 Å². The summed E-state index contributed by atoms with van der Waals surface area (Å²) in [4.78, 5) is 36.4. The van der Waals surface area contributed by atoms with E-state index in [1.807, 2.05) is 31.4 Å². The predicted octanol–water partition coefficient (Wildman–Crippen LogP) is 3.20. The summed E-state index contributed by atoms with van der Waals surface area (Å²) in [5.41, 5.74) is 4.40. The maximum Gasteiger partial charge on any atom is 0.273 e. The number of hydrogen-bond donors (Lipinski definition) is 3. The monoisotopic (exact) mass is 461 g/mol. The van der Waals surface area contributed by atoms with Crippen LogP contribution < -0.4 is 20.9 Å². The average molecular weight is 462 g/mol. The molecule has 10 nitrogen and oxygen atoms in total. The number of nitrogens with one attached hydrogen (secondary N) is 3. The first-order valence-corrected chi connectivity index (χ1v) is 11.0. The number of nitrogens with zero attached hydrogens (tertiary/aromatic N) is 5. The first-order chi connectivity index (χ1) is 17.5. The molecule has 3 N–H and O–H groups in total. The average Bonchev–Trinajstić information content (AvgIpc) is 3.68. The van der Waals surface area contributed by atoms with E-state index in [1.165, 1.54) is 6.07 Å². The van der Waals surface area contributed by atoms with Gasteiger partial charge in [0.1, 0.15) is 0 Å². The molecule has 1 fully saturated rings. The number of rotatable bonds is 5. The molecule has 10 heteroatoms. The van der Waals surface area contributed by atoms with Crippen LogP contribution in [0, 0.1) is 12.8 Å². The van der Waals surface area contributed by atoms with Gasteiger partial charge in [0.05, 0.1) is 23.1 Å². The van der Waals surface area contributed by atoms with E-state index in [2.05, 4.69) is 42.6 Å². The molecule has 3 aromatic heterocycles. The van der Waals surface area contributed by atoms with Gasteiger partial charge >= 0.3 is 0 Å². The number of aryl methyl sites for hydroxylation is 1. The highest BCUT2D eigenvalue weighted by atomic mass is 16.2. The number of anilines is 4. The van der Waals surface area contributed by atoms with Crippen molar-refractivity contribution in [3.05, 3.63) is 47.4 Å². The molecule has 0 aromatic carbocycles. The van der Waals surface area contributed by atoms with E-state index in [-0.39, 0.29) is 35.1 Å². The Morgan fingerprint density at radius 1 is 1.24 bits per heavy atom. The highest BCUT2D eigenvalue weighted by Gasteiger charge is 2.32. The van der Waals surface area contributed by atoms with E-state index in [0.29, 0.717) is 5.82 Å². The van der Waals surface area contributed by atoms with Gasteiger partial charge in [-0.2, -0.15) is 0 Å². The van der Waals surface area contributed by atoms with Crippen LogP contribution in [0.25, 0.3) is 11.3 Å². The molecule has 1 aliphatic carbocycles.